The minimum Gasteiger partial charge on any atom is -0.327 e. The predicted molar refractivity (Wildman–Crippen MR) is 45.4 cm³/mol. The third-order valence-electron chi connectivity index (χ3n) is 1.46. The molecule has 0 fully saturated rings. The van der Waals surface area contributed by atoms with Crippen molar-refractivity contribution in [1.29, 1.82) is 0 Å². The number of allylic oxidation sites excluding steroid dienone is 1. The van der Waals surface area contributed by atoms with Crippen molar-refractivity contribution in [3.63, 3.8) is 0 Å². The lowest BCUT2D eigenvalue weighted by Gasteiger charge is -2.11. The number of nitrogens with zero attached hydrogens (tertiary/aromatic N) is 1. The molecule has 10 heavy (non-hydrogen) atoms. The largest absolute Gasteiger partial charge is 0.327 e. The van der Waals surface area contributed by atoms with Gasteiger partial charge in [-0.15, -0.1) is 0 Å². The fraction of sp³-hybridized carbons (Fsp3) is 0.750. The highest BCUT2D eigenvalue weighted by atomic mass is 15.5. The van der Waals surface area contributed by atoms with Crippen molar-refractivity contribution in [2.45, 2.75) is 20.8 Å². The van der Waals surface area contributed by atoms with E-state index >= 15 is 0 Å². The molecule has 0 heterocycles. The van der Waals surface area contributed by atoms with Crippen LogP contribution in [0.15, 0.2) is 11.8 Å². The number of hydrazine groups is 1. The van der Waals surface area contributed by atoms with Crippen molar-refractivity contribution < 1.29 is 0 Å². The van der Waals surface area contributed by atoms with Gasteiger partial charge in [-0.05, 0) is 12.8 Å². The molecule has 0 aliphatic heterocycles. The summed E-state index contributed by atoms with van der Waals surface area (Å²) >= 11 is 0. The Morgan fingerprint density at radius 1 is 1.40 bits per heavy atom. The first-order chi connectivity index (χ1) is 4.54. The summed E-state index contributed by atoms with van der Waals surface area (Å²) < 4.78 is 0. The zero-order valence-corrected chi connectivity index (χ0v) is 7.60. The van der Waals surface area contributed by atoms with Crippen molar-refractivity contribution in [2.75, 3.05) is 14.1 Å². The Balaban J connectivity index is 3.69. The summed E-state index contributed by atoms with van der Waals surface area (Å²) in [6, 6.07) is 0. The van der Waals surface area contributed by atoms with Gasteiger partial charge in [0.15, 0.2) is 0 Å². The summed E-state index contributed by atoms with van der Waals surface area (Å²) in [5, 5.41) is 1.92. The molecule has 2 heteroatoms. The van der Waals surface area contributed by atoms with Crippen LogP contribution in [0.4, 0.5) is 0 Å². The van der Waals surface area contributed by atoms with Gasteiger partial charge in [-0.2, -0.15) is 0 Å². The molecule has 0 saturated heterocycles. The zero-order valence-electron chi connectivity index (χ0n) is 7.60. The maximum Gasteiger partial charge on any atom is 0.0119 e. The molecule has 0 aliphatic carbocycles. The fourth-order valence-corrected chi connectivity index (χ4v) is 0.398. The normalized spacial score (nSPS) is 12.9. The standard InChI is InChI=1S/C8H18N2/c1-7(2)8(3)6-9-10(4)5/h6-7,9H,1-5H3/b8-6+. The van der Waals surface area contributed by atoms with Crippen LogP contribution in [0.25, 0.3) is 0 Å². The molecule has 0 aromatic rings. The van der Waals surface area contributed by atoms with E-state index in [9.17, 15) is 0 Å². The molecule has 0 amide bonds. The van der Waals surface area contributed by atoms with E-state index in [1.54, 1.807) is 0 Å². The Labute approximate surface area is 63.9 Å². The number of hydrogen-bond donors (Lipinski definition) is 1. The average Bonchev–Trinajstić information content (AvgIpc) is 1.82. The summed E-state index contributed by atoms with van der Waals surface area (Å²) in [4.78, 5) is 0. The Morgan fingerprint density at radius 2 is 1.90 bits per heavy atom. The van der Waals surface area contributed by atoms with Crippen LogP contribution in [0.3, 0.4) is 0 Å². The van der Waals surface area contributed by atoms with Gasteiger partial charge in [0.2, 0.25) is 0 Å². The number of nitrogens with one attached hydrogen (secondary N) is 1. The average molecular weight is 142 g/mol. The first kappa shape index (κ1) is 9.50. The molecular formula is C8H18N2. The highest BCUT2D eigenvalue weighted by Crippen LogP contribution is 2.05. The van der Waals surface area contributed by atoms with E-state index in [0.717, 1.165) is 0 Å². The van der Waals surface area contributed by atoms with Gasteiger partial charge in [0.25, 0.3) is 0 Å². The second-order valence-electron chi connectivity index (χ2n) is 3.07. The molecule has 0 atom stereocenters. The Kier molecular flexibility index (Phi) is 4.12. The molecule has 0 aliphatic rings. The summed E-state index contributed by atoms with van der Waals surface area (Å²) in [5.41, 5.74) is 4.47. The van der Waals surface area contributed by atoms with Crippen LogP contribution in [0.5, 0.6) is 0 Å². The molecular weight excluding hydrogens is 124 g/mol. The summed E-state index contributed by atoms with van der Waals surface area (Å²) in [6.45, 7) is 6.49. The van der Waals surface area contributed by atoms with Crippen molar-refractivity contribution >= 4 is 0 Å². The number of rotatable bonds is 3. The fourth-order valence-electron chi connectivity index (χ4n) is 0.398. The molecule has 0 aromatic heterocycles. The zero-order chi connectivity index (χ0) is 8.15. The maximum absolute atomic E-state index is 3.10. The highest BCUT2D eigenvalue weighted by Gasteiger charge is 1.93. The molecule has 60 valence electrons. The van der Waals surface area contributed by atoms with Crippen LogP contribution in [0.1, 0.15) is 20.8 Å². The quantitative estimate of drug-likeness (QED) is 0.602. The van der Waals surface area contributed by atoms with Crippen molar-refractivity contribution in [2.24, 2.45) is 5.92 Å². The van der Waals surface area contributed by atoms with Crippen LogP contribution < -0.4 is 5.43 Å². The third-order valence-corrected chi connectivity index (χ3v) is 1.46. The van der Waals surface area contributed by atoms with Gasteiger partial charge in [0.1, 0.15) is 0 Å². The lowest BCUT2D eigenvalue weighted by Crippen LogP contribution is -2.25. The lowest BCUT2D eigenvalue weighted by atomic mass is 10.1. The summed E-state index contributed by atoms with van der Waals surface area (Å²) in [5.74, 6) is 0.632. The Bertz CT molecular complexity index is 114. The van der Waals surface area contributed by atoms with Crippen molar-refractivity contribution in [1.82, 2.24) is 10.4 Å². The van der Waals surface area contributed by atoms with Crippen LogP contribution in [-0.2, 0) is 0 Å². The maximum atomic E-state index is 3.10. The highest BCUT2D eigenvalue weighted by molar-refractivity contribution is 4.98. The molecule has 0 spiro atoms. The Morgan fingerprint density at radius 3 is 2.20 bits per heavy atom. The third kappa shape index (κ3) is 4.39. The first-order valence-electron chi connectivity index (χ1n) is 3.64. The van der Waals surface area contributed by atoms with Crippen molar-refractivity contribution in [3.8, 4) is 0 Å². The van der Waals surface area contributed by atoms with Gasteiger partial charge >= 0.3 is 0 Å². The van der Waals surface area contributed by atoms with Crippen molar-refractivity contribution in [3.05, 3.63) is 11.8 Å². The van der Waals surface area contributed by atoms with E-state index in [-0.39, 0.29) is 0 Å². The van der Waals surface area contributed by atoms with Gasteiger partial charge < -0.3 is 5.43 Å². The second kappa shape index (κ2) is 4.34. The molecule has 0 radical (unpaired) electrons. The van der Waals surface area contributed by atoms with Crippen LogP contribution in [-0.4, -0.2) is 19.1 Å². The molecule has 0 saturated carbocycles. The molecule has 1 N–H and O–H groups in total. The molecule has 0 unspecified atom stereocenters. The van der Waals surface area contributed by atoms with Gasteiger partial charge in [-0.1, -0.05) is 19.4 Å². The van der Waals surface area contributed by atoms with E-state index in [4.69, 9.17) is 0 Å². The smallest absolute Gasteiger partial charge is 0.0119 e. The topological polar surface area (TPSA) is 15.3 Å². The van der Waals surface area contributed by atoms with E-state index in [1.807, 2.05) is 25.3 Å². The van der Waals surface area contributed by atoms with E-state index in [2.05, 4.69) is 26.2 Å². The minimum atomic E-state index is 0.632. The lowest BCUT2D eigenvalue weighted by molar-refractivity contribution is 0.340. The van der Waals surface area contributed by atoms with E-state index in [1.165, 1.54) is 5.57 Å². The number of hydrogen-bond acceptors (Lipinski definition) is 2. The van der Waals surface area contributed by atoms with Gasteiger partial charge in [0, 0.05) is 20.3 Å². The van der Waals surface area contributed by atoms with E-state index < -0.39 is 0 Å². The second-order valence-corrected chi connectivity index (χ2v) is 3.07. The predicted octanol–water partition coefficient (Wildman–Crippen LogP) is 1.61. The SMILES string of the molecule is C/C(=C\NN(C)C)C(C)C. The van der Waals surface area contributed by atoms with Crippen LogP contribution in [0, 0.1) is 5.92 Å². The van der Waals surface area contributed by atoms with Gasteiger partial charge in [-0.25, -0.2) is 5.01 Å². The molecule has 0 bridgehead atoms. The summed E-state index contributed by atoms with van der Waals surface area (Å²) in [6.07, 6.45) is 2.03. The first-order valence-corrected chi connectivity index (χ1v) is 3.64. The van der Waals surface area contributed by atoms with Gasteiger partial charge in [0.05, 0.1) is 0 Å². The van der Waals surface area contributed by atoms with Gasteiger partial charge in [-0.3, -0.25) is 0 Å². The Hall–Kier alpha value is -0.500. The summed E-state index contributed by atoms with van der Waals surface area (Å²) in [7, 11) is 3.95. The van der Waals surface area contributed by atoms with Crippen LogP contribution >= 0.6 is 0 Å². The molecule has 0 rings (SSSR count). The molecule has 0 aromatic carbocycles. The minimum absolute atomic E-state index is 0.632. The monoisotopic (exact) mass is 142 g/mol. The van der Waals surface area contributed by atoms with E-state index in [0.29, 0.717) is 5.92 Å². The van der Waals surface area contributed by atoms with Crippen LogP contribution in [0.2, 0.25) is 0 Å². The molecule has 2 nitrogen and oxygen atoms in total.